The van der Waals surface area contributed by atoms with Crippen molar-refractivity contribution >= 4 is 24.5 Å². The zero-order valence-corrected chi connectivity index (χ0v) is 10.8. The summed E-state index contributed by atoms with van der Waals surface area (Å²) in [7, 11) is 4.13. The number of nitrogens with one attached hydrogen (secondary N) is 1. The first-order chi connectivity index (χ1) is 7.16. The van der Waals surface area contributed by atoms with E-state index in [0.29, 0.717) is 6.54 Å². The van der Waals surface area contributed by atoms with Crippen molar-refractivity contribution < 1.29 is 10.0 Å². The number of oxime groups is 1. The molecule has 1 amide bonds. The zero-order chi connectivity index (χ0) is 11.5. The highest BCUT2D eigenvalue weighted by Gasteiger charge is 1.95. The van der Waals surface area contributed by atoms with Crippen molar-refractivity contribution in [1.82, 2.24) is 10.2 Å². The lowest BCUT2D eigenvalue weighted by Gasteiger charge is -2.08. The van der Waals surface area contributed by atoms with Gasteiger partial charge in [0.25, 0.3) is 5.91 Å². The Labute approximate surface area is 103 Å². The number of nitrogens with zero attached hydrogens (tertiary/aromatic N) is 2. The molecule has 0 aliphatic rings. The van der Waals surface area contributed by atoms with Crippen LogP contribution in [0.1, 0.15) is 25.7 Å². The highest BCUT2D eigenvalue weighted by molar-refractivity contribution is 6.25. The summed E-state index contributed by atoms with van der Waals surface area (Å²) >= 11 is 0. The average molecular weight is 252 g/mol. The Morgan fingerprint density at radius 1 is 1.31 bits per heavy atom. The fourth-order valence-corrected chi connectivity index (χ4v) is 1.22. The van der Waals surface area contributed by atoms with E-state index in [1.54, 1.807) is 0 Å². The smallest absolute Gasteiger partial charge is 0.265 e. The molecule has 0 spiro atoms. The molecule has 0 unspecified atom stereocenters. The van der Waals surface area contributed by atoms with Gasteiger partial charge in [0.05, 0.1) is 0 Å². The zero-order valence-electron chi connectivity index (χ0n) is 9.98. The Kier molecular flexibility index (Phi) is 13.5. The fraction of sp³-hybridized carbons (Fsp3) is 0.800. The third-order valence-corrected chi connectivity index (χ3v) is 2.01. The van der Waals surface area contributed by atoms with Crippen molar-refractivity contribution in [3.63, 3.8) is 0 Å². The molecule has 96 valence electrons. The summed E-state index contributed by atoms with van der Waals surface area (Å²) in [5, 5.41) is 13.3. The van der Waals surface area contributed by atoms with Gasteiger partial charge in [-0.3, -0.25) is 4.79 Å². The number of hydrogen-bond acceptors (Lipinski definition) is 4. The molecule has 0 saturated heterocycles. The summed E-state index contributed by atoms with van der Waals surface area (Å²) in [4.78, 5) is 13.0. The SMILES string of the molecule is CN(C)CCCCCCNC(=O)C=NO.Cl. The molecule has 0 aromatic carbocycles. The summed E-state index contributed by atoms with van der Waals surface area (Å²) in [5.74, 6) is -0.342. The van der Waals surface area contributed by atoms with E-state index in [2.05, 4.69) is 29.5 Å². The number of rotatable bonds is 8. The standard InChI is InChI=1S/C10H21N3O2.ClH/c1-13(2)8-6-4-3-5-7-11-10(14)9-12-15;/h9,15H,3-8H2,1-2H3,(H,11,14);1H. The quantitative estimate of drug-likeness (QED) is 0.294. The van der Waals surface area contributed by atoms with Crippen LogP contribution in [-0.4, -0.2) is 49.4 Å². The summed E-state index contributed by atoms with van der Waals surface area (Å²) in [6.07, 6.45) is 5.33. The van der Waals surface area contributed by atoms with Gasteiger partial charge in [-0.25, -0.2) is 0 Å². The van der Waals surface area contributed by atoms with E-state index in [9.17, 15) is 4.79 Å². The lowest BCUT2D eigenvalue weighted by atomic mass is 10.2. The Morgan fingerprint density at radius 2 is 1.94 bits per heavy atom. The second-order valence-electron chi connectivity index (χ2n) is 3.75. The van der Waals surface area contributed by atoms with Gasteiger partial charge in [0.15, 0.2) is 0 Å². The highest BCUT2D eigenvalue weighted by atomic mass is 35.5. The molecule has 0 aliphatic heterocycles. The molecule has 16 heavy (non-hydrogen) atoms. The van der Waals surface area contributed by atoms with E-state index in [4.69, 9.17) is 5.21 Å². The van der Waals surface area contributed by atoms with Gasteiger partial charge in [-0.2, -0.15) is 0 Å². The average Bonchev–Trinajstić information content (AvgIpc) is 2.16. The molecule has 0 radical (unpaired) electrons. The van der Waals surface area contributed by atoms with Crippen molar-refractivity contribution in [3.05, 3.63) is 0 Å². The molecule has 6 heteroatoms. The van der Waals surface area contributed by atoms with E-state index in [0.717, 1.165) is 25.6 Å². The molecular weight excluding hydrogens is 230 g/mol. The summed E-state index contributed by atoms with van der Waals surface area (Å²) in [6.45, 7) is 1.76. The Morgan fingerprint density at radius 3 is 2.50 bits per heavy atom. The molecule has 5 nitrogen and oxygen atoms in total. The van der Waals surface area contributed by atoms with Gasteiger partial charge in [0.2, 0.25) is 0 Å². The van der Waals surface area contributed by atoms with Gasteiger partial charge in [-0.1, -0.05) is 18.0 Å². The molecule has 0 aromatic rings. The summed E-state index contributed by atoms with van der Waals surface area (Å²) in [5.41, 5.74) is 0. The van der Waals surface area contributed by atoms with Crippen molar-refractivity contribution in [2.24, 2.45) is 5.16 Å². The molecule has 0 fully saturated rings. The number of amides is 1. The predicted octanol–water partition coefficient (Wildman–Crippen LogP) is 1.11. The van der Waals surface area contributed by atoms with E-state index in [1.807, 2.05) is 0 Å². The molecule has 0 aromatic heterocycles. The Hall–Kier alpha value is -0.810. The monoisotopic (exact) mass is 251 g/mol. The molecule has 0 heterocycles. The minimum atomic E-state index is -0.342. The van der Waals surface area contributed by atoms with Crippen LogP contribution in [0.3, 0.4) is 0 Å². The van der Waals surface area contributed by atoms with Crippen molar-refractivity contribution in [3.8, 4) is 0 Å². The van der Waals surface area contributed by atoms with Crippen LogP contribution >= 0.6 is 12.4 Å². The second-order valence-corrected chi connectivity index (χ2v) is 3.75. The van der Waals surface area contributed by atoms with Crippen LogP contribution < -0.4 is 5.32 Å². The predicted molar refractivity (Wildman–Crippen MR) is 67.6 cm³/mol. The minimum absolute atomic E-state index is 0. The van der Waals surface area contributed by atoms with Gasteiger partial charge in [-0.05, 0) is 33.5 Å². The molecule has 0 aliphatic carbocycles. The Balaban J connectivity index is 0. The number of carbonyl (C=O) groups is 1. The summed E-state index contributed by atoms with van der Waals surface area (Å²) in [6, 6.07) is 0. The van der Waals surface area contributed by atoms with Crippen LogP contribution in [0.15, 0.2) is 5.16 Å². The van der Waals surface area contributed by atoms with Gasteiger partial charge in [0, 0.05) is 6.54 Å². The topological polar surface area (TPSA) is 64.9 Å². The fourth-order valence-electron chi connectivity index (χ4n) is 1.22. The van der Waals surface area contributed by atoms with Gasteiger partial charge >= 0.3 is 0 Å². The van der Waals surface area contributed by atoms with Crippen LogP contribution in [0.2, 0.25) is 0 Å². The maximum absolute atomic E-state index is 10.8. The highest BCUT2D eigenvalue weighted by Crippen LogP contribution is 1.99. The van der Waals surface area contributed by atoms with Crippen LogP contribution in [0.25, 0.3) is 0 Å². The number of hydrogen-bond donors (Lipinski definition) is 2. The third kappa shape index (κ3) is 13.2. The molecule has 0 saturated carbocycles. The van der Waals surface area contributed by atoms with E-state index < -0.39 is 0 Å². The maximum Gasteiger partial charge on any atom is 0.265 e. The van der Waals surface area contributed by atoms with Gasteiger partial charge < -0.3 is 15.4 Å². The van der Waals surface area contributed by atoms with Crippen LogP contribution in [0, 0.1) is 0 Å². The second kappa shape index (κ2) is 12.3. The molecule has 0 atom stereocenters. The summed E-state index contributed by atoms with van der Waals surface area (Å²) < 4.78 is 0. The van der Waals surface area contributed by atoms with Crippen LogP contribution in [0.5, 0.6) is 0 Å². The van der Waals surface area contributed by atoms with Crippen molar-refractivity contribution in [1.29, 1.82) is 0 Å². The first-order valence-electron chi connectivity index (χ1n) is 5.27. The van der Waals surface area contributed by atoms with Gasteiger partial charge in [0.1, 0.15) is 6.21 Å². The van der Waals surface area contributed by atoms with Crippen LogP contribution in [0.4, 0.5) is 0 Å². The molecular formula is C10H22ClN3O2. The van der Waals surface area contributed by atoms with Crippen molar-refractivity contribution in [2.45, 2.75) is 25.7 Å². The lowest BCUT2D eigenvalue weighted by molar-refractivity contribution is -0.114. The molecule has 2 N–H and O–H groups in total. The van der Waals surface area contributed by atoms with Gasteiger partial charge in [-0.15, -0.1) is 12.4 Å². The lowest BCUT2D eigenvalue weighted by Crippen LogP contribution is -2.25. The first kappa shape index (κ1) is 17.6. The number of halogens is 1. The third-order valence-electron chi connectivity index (χ3n) is 2.01. The van der Waals surface area contributed by atoms with Crippen molar-refractivity contribution in [2.75, 3.05) is 27.2 Å². The van der Waals surface area contributed by atoms with E-state index in [1.165, 1.54) is 12.8 Å². The normalized spacial score (nSPS) is 10.4. The van der Waals surface area contributed by atoms with Crippen LogP contribution in [-0.2, 0) is 4.79 Å². The Bertz CT molecular complexity index is 199. The van der Waals surface area contributed by atoms with E-state index in [-0.39, 0.29) is 18.3 Å². The minimum Gasteiger partial charge on any atom is -0.411 e. The maximum atomic E-state index is 10.8. The molecule has 0 bridgehead atoms. The van der Waals surface area contributed by atoms with E-state index >= 15 is 0 Å². The number of unbranched alkanes of at least 4 members (excludes halogenated alkanes) is 3. The largest absolute Gasteiger partial charge is 0.411 e. The first-order valence-corrected chi connectivity index (χ1v) is 5.27. The number of carbonyl (C=O) groups excluding carboxylic acids is 1. The molecule has 0 rings (SSSR count).